The van der Waals surface area contributed by atoms with Crippen LogP contribution >= 0.6 is 0 Å². The molecule has 5 nitrogen and oxygen atoms in total. The molecule has 1 unspecified atom stereocenters. The van der Waals surface area contributed by atoms with E-state index in [1.165, 1.54) is 4.90 Å². The van der Waals surface area contributed by atoms with Crippen molar-refractivity contribution < 1.29 is 18.0 Å². The maximum absolute atomic E-state index is 13.4. The van der Waals surface area contributed by atoms with Gasteiger partial charge in [0.05, 0.1) is 6.54 Å². The molecule has 1 amide bonds. The number of fused-ring (bicyclic) bond motifs is 1. The van der Waals surface area contributed by atoms with Crippen LogP contribution in [-0.4, -0.2) is 40.7 Å². The Labute approximate surface area is 161 Å². The molecular formula is C20H23F3N4O. The average molecular weight is 392 g/mol. The van der Waals surface area contributed by atoms with Gasteiger partial charge in [-0.25, -0.2) is 13.2 Å². The van der Waals surface area contributed by atoms with Gasteiger partial charge in [0.1, 0.15) is 0 Å². The zero-order valence-corrected chi connectivity index (χ0v) is 15.9. The highest BCUT2D eigenvalue weighted by molar-refractivity contribution is 5.93. The first-order chi connectivity index (χ1) is 13.3. The summed E-state index contributed by atoms with van der Waals surface area (Å²) in [4.78, 5) is 14.0. The minimum atomic E-state index is -1.47. The summed E-state index contributed by atoms with van der Waals surface area (Å²) in [6.45, 7) is 4.46. The number of nitrogens with zero attached hydrogens (tertiary/aromatic N) is 3. The number of amides is 1. The maximum Gasteiger partial charge on any atom is 0.274 e. The second kappa shape index (κ2) is 8.18. The molecule has 0 saturated heterocycles. The van der Waals surface area contributed by atoms with Crippen molar-refractivity contribution in [1.82, 2.24) is 20.0 Å². The summed E-state index contributed by atoms with van der Waals surface area (Å²) < 4.78 is 41.7. The Morgan fingerprint density at radius 2 is 2.04 bits per heavy atom. The highest BCUT2D eigenvalue weighted by Crippen LogP contribution is 2.26. The monoisotopic (exact) mass is 392 g/mol. The Morgan fingerprint density at radius 3 is 2.64 bits per heavy atom. The highest BCUT2D eigenvalue weighted by atomic mass is 19.2. The summed E-state index contributed by atoms with van der Waals surface area (Å²) in [5.74, 6) is -4.03. The highest BCUT2D eigenvalue weighted by Gasteiger charge is 2.29. The van der Waals surface area contributed by atoms with Gasteiger partial charge in [-0.2, -0.15) is 5.10 Å². The molecule has 2 aromatic rings. The van der Waals surface area contributed by atoms with E-state index in [9.17, 15) is 18.0 Å². The molecule has 0 radical (unpaired) electrons. The fourth-order valence-electron chi connectivity index (χ4n) is 3.49. The lowest BCUT2D eigenvalue weighted by atomic mass is 9.91. The van der Waals surface area contributed by atoms with E-state index in [0.717, 1.165) is 36.2 Å². The first-order valence-corrected chi connectivity index (χ1v) is 9.09. The molecule has 0 spiro atoms. The molecule has 1 atom stereocenters. The SMILES string of the molecule is C=CCn1nc(C(=O)N(C)C)c2c1CCC(NCc1cc(F)c(F)c(F)c1)C2. The number of hydrogen-bond acceptors (Lipinski definition) is 3. The van der Waals surface area contributed by atoms with Crippen LogP contribution in [-0.2, 0) is 25.9 Å². The first kappa shape index (κ1) is 20.1. The summed E-state index contributed by atoms with van der Waals surface area (Å²) >= 11 is 0. The van der Waals surface area contributed by atoms with Crippen LogP contribution in [0.4, 0.5) is 13.2 Å². The van der Waals surface area contributed by atoms with Gasteiger partial charge in [0.2, 0.25) is 0 Å². The lowest BCUT2D eigenvalue weighted by molar-refractivity contribution is 0.0820. The van der Waals surface area contributed by atoms with E-state index in [2.05, 4.69) is 17.0 Å². The third kappa shape index (κ3) is 3.96. The molecule has 1 aliphatic rings. The molecule has 28 heavy (non-hydrogen) atoms. The van der Waals surface area contributed by atoms with Gasteiger partial charge in [0.15, 0.2) is 23.1 Å². The maximum atomic E-state index is 13.4. The smallest absolute Gasteiger partial charge is 0.274 e. The molecule has 0 aliphatic heterocycles. The number of allylic oxidation sites excluding steroid dienone is 1. The van der Waals surface area contributed by atoms with Gasteiger partial charge in [0.25, 0.3) is 5.91 Å². The number of benzene rings is 1. The van der Waals surface area contributed by atoms with Crippen molar-refractivity contribution in [1.29, 1.82) is 0 Å². The summed E-state index contributed by atoms with van der Waals surface area (Å²) in [7, 11) is 3.36. The Morgan fingerprint density at radius 1 is 1.36 bits per heavy atom. The molecule has 1 N–H and O–H groups in total. The first-order valence-electron chi connectivity index (χ1n) is 9.09. The molecule has 1 aliphatic carbocycles. The van der Waals surface area contributed by atoms with Gasteiger partial charge in [-0.15, -0.1) is 6.58 Å². The quantitative estimate of drug-likeness (QED) is 0.608. The van der Waals surface area contributed by atoms with Gasteiger partial charge in [-0.1, -0.05) is 6.08 Å². The third-order valence-corrected chi connectivity index (χ3v) is 4.90. The van der Waals surface area contributed by atoms with E-state index in [4.69, 9.17) is 0 Å². The number of carbonyl (C=O) groups excluding carboxylic acids is 1. The molecule has 8 heteroatoms. The van der Waals surface area contributed by atoms with Crippen molar-refractivity contribution in [3.8, 4) is 0 Å². The topological polar surface area (TPSA) is 50.2 Å². The Balaban J connectivity index is 1.78. The Bertz CT molecular complexity index is 884. The zero-order valence-electron chi connectivity index (χ0n) is 15.9. The fraction of sp³-hybridized carbons (Fsp3) is 0.400. The Hall–Kier alpha value is -2.61. The van der Waals surface area contributed by atoms with Crippen LogP contribution in [0.5, 0.6) is 0 Å². The lowest BCUT2D eigenvalue weighted by Crippen LogP contribution is -2.35. The van der Waals surface area contributed by atoms with Gasteiger partial charge in [-0.05, 0) is 37.0 Å². The average Bonchev–Trinajstić information content (AvgIpc) is 3.01. The van der Waals surface area contributed by atoms with Crippen LogP contribution in [0.2, 0.25) is 0 Å². The molecule has 1 aromatic heterocycles. The predicted molar refractivity (Wildman–Crippen MR) is 99.4 cm³/mol. The number of carbonyl (C=O) groups is 1. The summed E-state index contributed by atoms with van der Waals surface area (Å²) in [5.41, 5.74) is 2.66. The van der Waals surface area contributed by atoms with Crippen LogP contribution in [0, 0.1) is 17.5 Å². The van der Waals surface area contributed by atoms with Crippen molar-refractivity contribution in [3.05, 3.63) is 64.8 Å². The largest absolute Gasteiger partial charge is 0.343 e. The van der Waals surface area contributed by atoms with E-state index in [1.807, 2.05) is 0 Å². The van der Waals surface area contributed by atoms with Crippen molar-refractivity contribution in [3.63, 3.8) is 0 Å². The molecule has 1 heterocycles. The third-order valence-electron chi connectivity index (χ3n) is 4.90. The van der Waals surface area contributed by atoms with E-state index in [-0.39, 0.29) is 18.5 Å². The molecule has 150 valence electrons. The van der Waals surface area contributed by atoms with Crippen LogP contribution < -0.4 is 5.32 Å². The minimum absolute atomic E-state index is 0.0127. The Kier molecular flexibility index (Phi) is 5.88. The van der Waals surface area contributed by atoms with E-state index in [1.54, 1.807) is 24.9 Å². The number of aromatic nitrogens is 2. The predicted octanol–water partition coefficient (Wildman–Crippen LogP) is 2.84. The lowest BCUT2D eigenvalue weighted by Gasteiger charge is -2.25. The second-order valence-corrected chi connectivity index (χ2v) is 7.14. The molecule has 0 fully saturated rings. The van der Waals surface area contributed by atoms with Crippen LogP contribution in [0.1, 0.15) is 33.7 Å². The van der Waals surface area contributed by atoms with Gasteiger partial charge in [-0.3, -0.25) is 9.48 Å². The summed E-state index contributed by atoms with van der Waals surface area (Å²) in [5, 5.41) is 7.73. The summed E-state index contributed by atoms with van der Waals surface area (Å²) in [6, 6.07) is 1.99. The van der Waals surface area contributed by atoms with Crippen LogP contribution in [0.15, 0.2) is 24.8 Å². The van der Waals surface area contributed by atoms with E-state index >= 15 is 0 Å². The van der Waals surface area contributed by atoms with Crippen molar-refractivity contribution in [2.24, 2.45) is 0 Å². The molecular weight excluding hydrogens is 369 g/mol. The van der Waals surface area contributed by atoms with Crippen LogP contribution in [0.25, 0.3) is 0 Å². The summed E-state index contributed by atoms with van der Waals surface area (Å²) in [6.07, 6.45) is 3.82. The standard InChI is InChI=1S/C20H23F3N4O/c1-4-7-27-17-6-5-13(10-14(17)19(25-27)20(28)26(2)3)24-11-12-8-15(21)18(23)16(22)9-12/h4,8-9,13,24H,1,5-7,10-11H2,2-3H3. The number of hydrogen-bond donors (Lipinski definition) is 1. The molecule has 1 aromatic carbocycles. The van der Waals surface area contributed by atoms with Crippen LogP contribution in [0.3, 0.4) is 0 Å². The fourth-order valence-corrected chi connectivity index (χ4v) is 3.49. The zero-order chi connectivity index (χ0) is 20.4. The second-order valence-electron chi connectivity index (χ2n) is 7.14. The number of nitrogens with one attached hydrogen (secondary N) is 1. The molecule has 3 rings (SSSR count). The minimum Gasteiger partial charge on any atom is -0.343 e. The van der Waals surface area contributed by atoms with Gasteiger partial charge in [0, 0.05) is 37.9 Å². The van der Waals surface area contributed by atoms with Crippen molar-refractivity contribution >= 4 is 5.91 Å². The normalized spacial score (nSPS) is 16.0. The molecule has 0 saturated carbocycles. The number of halogens is 3. The van der Waals surface area contributed by atoms with E-state index < -0.39 is 17.5 Å². The van der Waals surface area contributed by atoms with Gasteiger partial charge >= 0.3 is 0 Å². The molecule has 0 bridgehead atoms. The van der Waals surface area contributed by atoms with Crippen molar-refractivity contribution in [2.45, 2.75) is 38.4 Å². The van der Waals surface area contributed by atoms with Crippen molar-refractivity contribution in [2.75, 3.05) is 14.1 Å². The number of rotatable bonds is 6. The van der Waals surface area contributed by atoms with E-state index in [0.29, 0.717) is 24.2 Å². The van der Waals surface area contributed by atoms with Gasteiger partial charge < -0.3 is 10.2 Å².